The summed E-state index contributed by atoms with van der Waals surface area (Å²) in [6.45, 7) is 11.4. The molecule has 0 N–H and O–H groups in total. The van der Waals surface area contributed by atoms with E-state index in [-0.39, 0.29) is 0 Å². The summed E-state index contributed by atoms with van der Waals surface area (Å²) in [6, 6.07) is 3.79. The van der Waals surface area contributed by atoms with Crippen molar-refractivity contribution in [1.29, 1.82) is 0 Å². The Bertz CT molecular complexity index is 597. The van der Waals surface area contributed by atoms with Crippen LogP contribution in [0.15, 0.2) is 17.0 Å². The maximum Gasteiger partial charge on any atom is 0.243 e. The minimum absolute atomic E-state index is 0.431. The molecule has 0 saturated carbocycles. The molecule has 1 saturated heterocycles. The van der Waals surface area contributed by atoms with Crippen molar-refractivity contribution in [2.24, 2.45) is 11.8 Å². The average Bonchev–Trinajstić information content (AvgIpc) is 2.32. The van der Waals surface area contributed by atoms with E-state index in [1.54, 1.807) is 4.31 Å². The molecule has 0 aliphatic carbocycles. The number of aryl methyl sites for hydroxylation is 3. The van der Waals surface area contributed by atoms with Gasteiger partial charge in [-0.1, -0.05) is 19.9 Å². The smallest absolute Gasteiger partial charge is 0.207 e. The topological polar surface area (TPSA) is 37.4 Å². The third-order valence-corrected chi connectivity index (χ3v) is 6.22. The van der Waals surface area contributed by atoms with Gasteiger partial charge in [-0.15, -0.1) is 0 Å². The lowest BCUT2D eigenvalue weighted by Gasteiger charge is -2.34. The predicted molar refractivity (Wildman–Crippen MR) is 82.4 cm³/mol. The summed E-state index contributed by atoms with van der Waals surface area (Å²) in [7, 11) is -3.36. The van der Waals surface area contributed by atoms with Gasteiger partial charge in [0.2, 0.25) is 10.0 Å². The van der Waals surface area contributed by atoms with Crippen molar-refractivity contribution >= 4 is 10.0 Å². The first-order valence-corrected chi connectivity index (χ1v) is 8.73. The van der Waals surface area contributed by atoms with Gasteiger partial charge in [0.05, 0.1) is 4.90 Å². The van der Waals surface area contributed by atoms with E-state index < -0.39 is 10.0 Å². The highest BCUT2D eigenvalue weighted by molar-refractivity contribution is 7.89. The molecule has 2 rings (SSSR count). The van der Waals surface area contributed by atoms with E-state index in [4.69, 9.17) is 0 Å². The molecule has 1 aliphatic heterocycles. The molecule has 1 fully saturated rings. The normalized spacial score (nSPS) is 24.9. The standard InChI is InChI=1S/C16H25NO2S/c1-11-6-12(2)10-17(9-11)20(18,19)16-8-14(4)13(3)7-15(16)5/h7-8,11-12H,6,9-10H2,1-5H3/t11-,12+. The minimum Gasteiger partial charge on any atom is -0.207 e. The molecule has 20 heavy (non-hydrogen) atoms. The Balaban J connectivity index is 2.42. The van der Waals surface area contributed by atoms with Crippen LogP contribution in [0.1, 0.15) is 37.0 Å². The first kappa shape index (κ1) is 15.5. The monoisotopic (exact) mass is 295 g/mol. The Morgan fingerprint density at radius 1 is 0.950 bits per heavy atom. The van der Waals surface area contributed by atoms with Crippen LogP contribution in [0.25, 0.3) is 0 Å². The Hall–Kier alpha value is -0.870. The Morgan fingerprint density at radius 3 is 2.00 bits per heavy atom. The van der Waals surface area contributed by atoms with E-state index in [1.165, 1.54) is 0 Å². The van der Waals surface area contributed by atoms with Crippen LogP contribution in [0.2, 0.25) is 0 Å². The lowest BCUT2D eigenvalue weighted by Crippen LogP contribution is -2.42. The fraction of sp³-hybridized carbons (Fsp3) is 0.625. The zero-order valence-corrected chi connectivity index (χ0v) is 13.9. The van der Waals surface area contributed by atoms with Gasteiger partial charge in [-0.05, 0) is 61.8 Å². The van der Waals surface area contributed by atoms with Crippen LogP contribution in [0, 0.1) is 32.6 Å². The van der Waals surface area contributed by atoms with E-state index in [9.17, 15) is 8.42 Å². The van der Waals surface area contributed by atoms with E-state index in [1.807, 2.05) is 32.9 Å². The van der Waals surface area contributed by atoms with Crippen LogP contribution in [0.3, 0.4) is 0 Å². The maximum atomic E-state index is 12.9. The molecule has 0 radical (unpaired) electrons. The molecule has 4 heteroatoms. The fourth-order valence-electron chi connectivity index (χ4n) is 3.15. The number of rotatable bonds is 2. The highest BCUT2D eigenvalue weighted by Crippen LogP contribution is 2.29. The van der Waals surface area contributed by atoms with Crippen LogP contribution in [0.5, 0.6) is 0 Å². The number of sulfonamides is 1. The summed E-state index contributed by atoms with van der Waals surface area (Å²) in [4.78, 5) is 0.474. The van der Waals surface area contributed by atoms with Crippen LogP contribution in [-0.2, 0) is 10.0 Å². The molecule has 1 aromatic carbocycles. The van der Waals surface area contributed by atoms with Crippen molar-refractivity contribution in [2.75, 3.05) is 13.1 Å². The first-order valence-electron chi connectivity index (χ1n) is 7.29. The Morgan fingerprint density at radius 2 is 1.45 bits per heavy atom. The van der Waals surface area contributed by atoms with E-state index in [2.05, 4.69) is 13.8 Å². The number of hydrogen-bond acceptors (Lipinski definition) is 2. The van der Waals surface area contributed by atoms with E-state index >= 15 is 0 Å². The molecule has 1 aliphatic rings. The van der Waals surface area contributed by atoms with Crippen LogP contribution < -0.4 is 0 Å². The van der Waals surface area contributed by atoms with Crippen LogP contribution >= 0.6 is 0 Å². The molecule has 2 atom stereocenters. The molecule has 0 bridgehead atoms. The van der Waals surface area contributed by atoms with Gasteiger partial charge in [0.25, 0.3) is 0 Å². The van der Waals surface area contributed by atoms with Crippen molar-refractivity contribution in [3.63, 3.8) is 0 Å². The molecular formula is C16H25NO2S. The van der Waals surface area contributed by atoms with Gasteiger partial charge in [-0.3, -0.25) is 0 Å². The quantitative estimate of drug-likeness (QED) is 0.839. The summed E-state index contributed by atoms with van der Waals surface area (Å²) < 4.78 is 27.4. The first-order chi connectivity index (χ1) is 9.21. The SMILES string of the molecule is Cc1cc(C)c(S(=O)(=O)N2C[C@H](C)C[C@H](C)C2)cc1C. The number of hydrogen-bond donors (Lipinski definition) is 0. The highest BCUT2D eigenvalue weighted by atomic mass is 32.2. The van der Waals surface area contributed by atoms with Gasteiger partial charge in [0.15, 0.2) is 0 Å². The van der Waals surface area contributed by atoms with Crippen molar-refractivity contribution in [2.45, 2.75) is 45.9 Å². The zero-order valence-electron chi connectivity index (χ0n) is 13.1. The van der Waals surface area contributed by atoms with Gasteiger partial charge >= 0.3 is 0 Å². The van der Waals surface area contributed by atoms with E-state index in [0.717, 1.165) is 23.1 Å². The predicted octanol–water partition coefficient (Wildman–Crippen LogP) is 3.28. The molecule has 112 valence electrons. The van der Waals surface area contributed by atoms with Crippen LogP contribution in [-0.4, -0.2) is 25.8 Å². The Labute approximate surface area is 123 Å². The van der Waals surface area contributed by atoms with Gasteiger partial charge in [0.1, 0.15) is 0 Å². The largest absolute Gasteiger partial charge is 0.243 e. The second-order valence-electron chi connectivity index (χ2n) is 6.47. The lowest BCUT2D eigenvalue weighted by molar-refractivity contribution is 0.222. The molecule has 0 aromatic heterocycles. The number of nitrogens with zero attached hydrogens (tertiary/aromatic N) is 1. The second-order valence-corrected chi connectivity index (χ2v) is 8.38. The summed E-state index contributed by atoms with van der Waals surface area (Å²) in [5.41, 5.74) is 3.02. The molecule has 1 aromatic rings. The fourth-order valence-corrected chi connectivity index (χ4v) is 5.12. The maximum absolute atomic E-state index is 12.9. The number of piperidine rings is 1. The molecule has 0 unspecified atom stereocenters. The summed E-state index contributed by atoms with van der Waals surface area (Å²) >= 11 is 0. The van der Waals surface area contributed by atoms with Gasteiger partial charge in [0, 0.05) is 13.1 Å². The zero-order chi connectivity index (χ0) is 15.1. The summed E-state index contributed by atoms with van der Waals surface area (Å²) in [5, 5.41) is 0. The van der Waals surface area contributed by atoms with E-state index in [0.29, 0.717) is 29.8 Å². The minimum atomic E-state index is -3.36. The summed E-state index contributed by atoms with van der Waals surface area (Å²) in [5.74, 6) is 0.862. The van der Waals surface area contributed by atoms with Crippen molar-refractivity contribution in [3.8, 4) is 0 Å². The van der Waals surface area contributed by atoms with Crippen molar-refractivity contribution in [1.82, 2.24) is 4.31 Å². The highest BCUT2D eigenvalue weighted by Gasteiger charge is 2.32. The molecule has 3 nitrogen and oxygen atoms in total. The van der Waals surface area contributed by atoms with Crippen LogP contribution in [0.4, 0.5) is 0 Å². The van der Waals surface area contributed by atoms with Gasteiger partial charge < -0.3 is 0 Å². The Kier molecular flexibility index (Phi) is 4.26. The van der Waals surface area contributed by atoms with Crippen molar-refractivity contribution < 1.29 is 8.42 Å². The second kappa shape index (κ2) is 5.49. The molecule has 0 spiro atoms. The molecular weight excluding hydrogens is 270 g/mol. The van der Waals surface area contributed by atoms with Gasteiger partial charge in [-0.2, -0.15) is 4.31 Å². The third kappa shape index (κ3) is 2.91. The average molecular weight is 295 g/mol. The van der Waals surface area contributed by atoms with Crippen molar-refractivity contribution in [3.05, 3.63) is 28.8 Å². The molecule has 0 amide bonds. The van der Waals surface area contributed by atoms with Gasteiger partial charge in [-0.25, -0.2) is 8.42 Å². The lowest BCUT2D eigenvalue weighted by atomic mass is 9.94. The summed E-state index contributed by atoms with van der Waals surface area (Å²) in [6.07, 6.45) is 1.11. The third-order valence-electron chi connectivity index (χ3n) is 4.24. The number of benzene rings is 1. The molecule has 1 heterocycles.